The maximum atomic E-state index is 12.2. The van der Waals surface area contributed by atoms with Crippen molar-refractivity contribution in [3.63, 3.8) is 0 Å². The monoisotopic (exact) mass is 443 g/mol. The number of nitrogens with one attached hydrogen (secondary N) is 1. The van der Waals surface area contributed by atoms with E-state index in [1.165, 1.54) is 6.08 Å². The van der Waals surface area contributed by atoms with Gasteiger partial charge in [-0.2, -0.15) is 0 Å². The molecule has 1 N–H and O–H groups in total. The Balaban J connectivity index is 1.59. The number of rotatable bonds is 7. The summed E-state index contributed by atoms with van der Waals surface area (Å²) in [6.45, 7) is 10.4. The first-order valence-electron chi connectivity index (χ1n) is 10.4. The van der Waals surface area contributed by atoms with Gasteiger partial charge in [0.05, 0.1) is 0 Å². The zero-order chi connectivity index (χ0) is 24.0. The first kappa shape index (κ1) is 23.5. The van der Waals surface area contributed by atoms with E-state index < -0.39 is 11.9 Å². The molecule has 0 aliphatic heterocycles. The molecule has 0 bridgehead atoms. The largest absolute Gasteiger partial charge is 0.428 e. The van der Waals surface area contributed by atoms with Crippen molar-refractivity contribution in [2.45, 2.75) is 26.7 Å². The van der Waals surface area contributed by atoms with E-state index in [4.69, 9.17) is 9.47 Å². The third-order valence-electron chi connectivity index (χ3n) is 4.83. The molecule has 0 saturated heterocycles. The second-order valence-corrected chi connectivity index (χ2v) is 7.75. The van der Waals surface area contributed by atoms with Gasteiger partial charge >= 0.3 is 11.9 Å². The molecule has 0 heterocycles. The second-order valence-electron chi connectivity index (χ2n) is 7.75. The first-order chi connectivity index (χ1) is 15.7. The average Bonchev–Trinajstić information content (AvgIpc) is 2.78. The molecular formula is C27H25NO5. The summed E-state index contributed by atoms with van der Waals surface area (Å²) in [7, 11) is 0. The topological polar surface area (TPSA) is 81.7 Å². The van der Waals surface area contributed by atoms with Crippen LogP contribution in [0.1, 0.15) is 37.0 Å². The summed E-state index contributed by atoms with van der Waals surface area (Å²) in [4.78, 5) is 35.5. The van der Waals surface area contributed by atoms with Gasteiger partial charge in [-0.15, -0.1) is 0 Å². The molecule has 0 unspecified atom stereocenters. The Morgan fingerprint density at radius 2 is 1.67 bits per heavy atom. The van der Waals surface area contributed by atoms with Crippen LogP contribution in [0.5, 0.6) is 5.75 Å². The molecule has 0 spiro atoms. The molecule has 6 nitrogen and oxygen atoms in total. The molecule has 0 aromatic heterocycles. The normalized spacial score (nSPS) is 12.4. The van der Waals surface area contributed by atoms with Gasteiger partial charge < -0.3 is 14.8 Å². The molecule has 1 amide bonds. The zero-order valence-corrected chi connectivity index (χ0v) is 18.6. The summed E-state index contributed by atoms with van der Waals surface area (Å²) >= 11 is 0. The van der Waals surface area contributed by atoms with E-state index >= 15 is 0 Å². The summed E-state index contributed by atoms with van der Waals surface area (Å²) in [6, 6.07) is 12.3. The minimum atomic E-state index is -0.514. The molecule has 6 heteroatoms. The standard InChI is InChI=1S/C27H25NO5/c1-17(2)26(30)28-22-9-12-23(13-10-22)32-25(29)14-6-19-5-7-21-16-24(11-8-20(21)15-19)33-27(31)18(3)4/h5-7,9-10,12-16H,1,3,8,11H2,2,4H3,(H,28,30)/b14-6+. The van der Waals surface area contributed by atoms with Crippen LogP contribution in [0.3, 0.4) is 0 Å². The molecule has 33 heavy (non-hydrogen) atoms. The Bertz CT molecular complexity index is 1190. The fourth-order valence-electron chi connectivity index (χ4n) is 3.04. The predicted octanol–water partition coefficient (Wildman–Crippen LogP) is 5.23. The lowest BCUT2D eigenvalue weighted by molar-refractivity contribution is -0.135. The van der Waals surface area contributed by atoms with Gasteiger partial charge in [0.25, 0.3) is 5.91 Å². The summed E-state index contributed by atoms with van der Waals surface area (Å²) in [5, 5.41) is 2.68. The molecule has 2 aromatic carbocycles. The van der Waals surface area contributed by atoms with Crippen molar-refractivity contribution < 1.29 is 23.9 Å². The molecule has 0 saturated carbocycles. The Morgan fingerprint density at radius 1 is 0.939 bits per heavy atom. The maximum Gasteiger partial charge on any atom is 0.338 e. The van der Waals surface area contributed by atoms with Crippen molar-refractivity contribution in [1.82, 2.24) is 0 Å². The number of aryl methyl sites for hydroxylation is 1. The minimum absolute atomic E-state index is 0.271. The lowest BCUT2D eigenvalue weighted by Crippen LogP contribution is -2.11. The van der Waals surface area contributed by atoms with Gasteiger partial charge in [-0.3, -0.25) is 4.79 Å². The van der Waals surface area contributed by atoms with Crippen LogP contribution < -0.4 is 10.1 Å². The number of allylic oxidation sites excluding steroid dienone is 1. The van der Waals surface area contributed by atoms with E-state index in [1.807, 2.05) is 24.3 Å². The van der Waals surface area contributed by atoms with Crippen molar-refractivity contribution in [2.75, 3.05) is 5.32 Å². The van der Waals surface area contributed by atoms with Gasteiger partial charge in [0.2, 0.25) is 0 Å². The number of hydrogen-bond acceptors (Lipinski definition) is 5. The lowest BCUT2D eigenvalue weighted by Gasteiger charge is -2.17. The number of carbonyl (C=O) groups excluding carboxylic acids is 3. The van der Waals surface area contributed by atoms with Crippen molar-refractivity contribution in [2.24, 2.45) is 0 Å². The Labute approximate surface area is 192 Å². The van der Waals surface area contributed by atoms with Crippen LogP contribution >= 0.6 is 0 Å². The molecule has 0 fully saturated rings. The summed E-state index contributed by atoms with van der Waals surface area (Å²) < 4.78 is 10.6. The number of ether oxygens (including phenoxy) is 2. The fourth-order valence-corrected chi connectivity index (χ4v) is 3.04. The Kier molecular flexibility index (Phi) is 7.41. The highest BCUT2D eigenvalue weighted by molar-refractivity contribution is 6.02. The quantitative estimate of drug-likeness (QED) is 0.360. The highest BCUT2D eigenvalue weighted by atomic mass is 16.5. The average molecular weight is 443 g/mol. The highest BCUT2D eigenvalue weighted by Gasteiger charge is 2.15. The van der Waals surface area contributed by atoms with Crippen LogP contribution in [-0.4, -0.2) is 17.8 Å². The molecule has 1 aliphatic carbocycles. The Hall–Kier alpha value is -4.19. The molecular weight excluding hydrogens is 418 g/mol. The fraction of sp³-hybridized carbons (Fsp3) is 0.148. The Morgan fingerprint density at radius 3 is 2.33 bits per heavy atom. The SMILES string of the molecule is C=C(C)C(=O)Nc1ccc(OC(=O)/C=C/c2ccc3c(c2)CCC(OC(=O)C(=C)C)=C3)cc1. The smallest absolute Gasteiger partial charge is 0.338 e. The number of esters is 2. The number of fused-ring (bicyclic) bond motifs is 1. The number of amides is 1. The van der Waals surface area contributed by atoms with Crippen LogP contribution in [0, 0.1) is 0 Å². The summed E-state index contributed by atoms with van der Waals surface area (Å²) in [5.41, 5.74) is 4.29. The zero-order valence-electron chi connectivity index (χ0n) is 18.6. The number of anilines is 1. The third-order valence-corrected chi connectivity index (χ3v) is 4.83. The van der Waals surface area contributed by atoms with E-state index in [1.54, 1.807) is 44.2 Å². The molecule has 1 aliphatic rings. The van der Waals surface area contributed by atoms with Crippen LogP contribution in [0.25, 0.3) is 12.2 Å². The van der Waals surface area contributed by atoms with E-state index in [0.717, 1.165) is 23.1 Å². The van der Waals surface area contributed by atoms with Crippen molar-refractivity contribution in [3.05, 3.63) is 95.3 Å². The minimum Gasteiger partial charge on any atom is -0.428 e. The van der Waals surface area contributed by atoms with Gasteiger partial charge in [-0.05, 0) is 73.4 Å². The van der Waals surface area contributed by atoms with Gasteiger partial charge in [0.15, 0.2) is 0 Å². The van der Waals surface area contributed by atoms with Crippen molar-refractivity contribution >= 4 is 35.7 Å². The van der Waals surface area contributed by atoms with Crippen LogP contribution in [-0.2, 0) is 25.5 Å². The maximum absolute atomic E-state index is 12.2. The van der Waals surface area contributed by atoms with E-state index in [-0.39, 0.29) is 5.91 Å². The van der Waals surface area contributed by atoms with Gasteiger partial charge in [-0.1, -0.05) is 31.4 Å². The number of hydrogen-bond donors (Lipinski definition) is 1. The van der Waals surface area contributed by atoms with Crippen LogP contribution in [0.4, 0.5) is 5.69 Å². The van der Waals surface area contributed by atoms with Crippen molar-refractivity contribution in [3.8, 4) is 5.75 Å². The van der Waals surface area contributed by atoms with Gasteiger partial charge in [-0.25, -0.2) is 9.59 Å². The number of carbonyl (C=O) groups is 3. The molecule has 3 rings (SSSR count). The second kappa shape index (κ2) is 10.4. The van der Waals surface area contributed by atoms with E-state index in [0.29, 0.717) is 34.8 Å². The van der Waals surface area contributed by atoms with E-state index in [9.17, 15) is 14.4 Å². The van der Waals surface area contributed by atoms with Crippen LogP contribution in [0.2, 0.25) is 0 Å². The van der Waals surface area contributed by atoms with Gasteiger partial charge in [0, 0.05) is 29.3 Å². The molecule has 2 aromatic rings. The predicted molar refractivity (Wildman–Crippen MR) is 128 cm³/mol. The first-order valence-corrected chi connectivity index (χ1v) is 10.4. The molecule has 0 radical (unpaired) electrons. The van der Waals surface area contributed by atoms with Crippen molar-refractivity contribution in [1.29, 1.82) is 0 Å². The van der Waals surface area contributed by atoms with Gasteiger partial charge in [0.1, 0.15) is 11.5 Å². The summed E-state index contributed by atoms with van der Waals surface area (Å²) in [5.74, 6) is -0.223. The van der Waals surface area contributed by atoms with Crippen LogP contribution in [0.15, 0.2) is 78.6 Å². The summed E-state index contributed by atoms with van der Waals surface area (Å²) in [6.07, 6.45) is 6.24. The number of benzene rings is 2. The van der Waals surface area contributed by atoms with E-state index in [2.05, 4.69) is 18.5 Å². The highest BCUT2D eigenvalue weighted by Crippen LogP contribution is 2.26. The lowest BCUT2D eigenvalue weighted by atomic mass is 9.94. The molecule has 168 valence electrons. The third kappa shape index (κ3) is 6.64. The molecule has 0 atom stereocenters.